The number of nitrogens with zero attached hydrogens (tertiary/aromatic N) is 1. The first-order valence-corrected chi connectivity index (χ1v) is 12.3. The van der Waals surface area contributed by atoms with Gasteiger partial charge in [-0.25, -0.2) is 4.98 Å². The highest BCUT2D eigenvalue weighted by molar-refractivity contribution is 5.22. The number of hydrogen-bond acceptors (Lipinski definition) is 1. The number of nitrogens with one attached hydrogen (secondary N) is 1. The van der Waals surface area contributed by atoms with Crippen molar-refractivity contribution in [2.75, 3.05) is 0 Å². The molecule has 2 aromatic rings. The van der Waals surface area contributed by atoms with E-state index < -0.39 is 0 Å². The molecule has 2 nitrogen and oxygen atoms in total. The second-order valence-corrected chi connectivity index (χ2v) is 9.02. The van der Waals surface area contributed by atoms with Gasteiger partial charge in [-0.3, -0.25) is 0 Å². The number of unbranched alkanes of at least 4 members (excludes halogenated alkanes) is 4. The van der Waals surface area contributed by atoms with Gasteiger partial charge in [0, 0.05) is 18.3 Å². The SMILES string of the molecule is CCCCCCCc1ccc(CCC(C)CCCC(CCC)c2ncc[nH]2)cc1. The molecule has 2 atom stereocenters. The molecule has 2 unspecified atom stereocenters. The van der Waals surface area contributed by atoms with Crippen molar-refractivity contribution in [2.45, 2.75) is 110 Å². The number of hydrogen-bond donors (Lipinski definition) is 1. The molecule has 0 bridgehead atoms. The molecule has 0 spiro atoms. The summed E-state index contributed by atoms with van der Waals surface area (Å²) in [6, 6.07) is 9.45. The molecule has 0 fully saturated rings. The Hall–Kier alpha value is -1.57. The van der Waals surface area contributed by atoms with Crippen molar-refractivity contribution in [1.29, 1.82) is 0 Å². The van der Waals surface area contributed by atoms with E-state index in [0.29, 0.717) is 5.92 Å². The summed E-state index contributed by atoms with van der Waals surface area (Å²) in [4.78, 5) is 7.81. The maximum absolute atomic E-state index is 4.49. The molecule has 162 valence electrons. The third-order valence-electron chi connectivity index (χ3n) is 6.31. The third-order valence-corrected chi connectivity index (χ3v) is 6.31. The van der Waals surface area contributed by atoms with Crippen molar-refractivity contribution in [3.8, 4) is 0 Å². The van der Waals surface area contributed by atoms with E-state index >= 15 is 0 Å². The first kappa shape index (κ1) is 23.7. The van der Waals surface area contributed by atoms with Crippen LogP contribution in [0.5, 0.6) is 0 Å². The largest absolute Gasteiger partial charge is 0.348 e. The molecule has 2 rings (SSSR count). The standard InChI is InChI=1S/C27H44N2/c1-4-6-7-8-9-13-24-17-19-25(20-18-24)16-15-23(3)12-10-14-26(11-5-2)27-28-21-22-29-27/h17-23,26H,4-16H2,1-3H3,(H,28,29). The van der Waals surface area contributed by atoms with Crippen molar-refractivity contribution < 1.29 is 0 Å². The van der Waals surface area contributed by atoms with E-state index in [1.54, 1.807) is 0 Å². The number of benzene rings is 1. The Kier molecular flexibility index (Phi) is 11.8. The van der Waals surface area contributed by atoms with E-state index in [1.807, 2.05) is 12.4 Å². The fourth-order valence-electron chi connectivity index (χ4n) is 4.34. The number of aromatic nitrogens is 2. The lowest BCUT2D eigenvalue weighted by Gasteiger charge is -2.16. The quantitative estimate of drug-likeness (QED) is 0.284. The summed E-state index contributed by atoms with van der Waals surface area (Å²) in [7, 11) is 0. The summed E-state index contributed by atoms with van der Waals surface area (Å²) in [6.07, 6.45) is 20.8. The van der Waals surface area contributed by atoms with E-state index in [4.69, 9.17) is 0 Å². The third kappa shape index (κ3) is 9.65. The lowest BCUT2D eigenvalue weighted by Crippen LogP contribution is -2.03. The second-order valence-electron chi connectivity index (χ2n) is 9.02. The average Bonchev–Trinajstić information content (AvgIpc) is 3.27. The van der Waals surface area contributed by atoms with Gasteiger partial charge in [0.2, 0.25) is 0 Å². The van der Waals surface area contributed by atoms with Crippen molar-refractivity contribution in [3.63, 3.8) is 0 Å². The Morgan fingerprint density at radius 1 is 0.759 bits per heavy atom. The number of aryl methyl sites for hydroxylation is 2. The average molecular weight is 397 g/mol. The number of imidazole rings is 1. The maximum atomic E-state index is 4.49. The topological polar surface area (TPSA) is 28.7 Å². The van der Waals surface area contributed by atoms with Crippen LogP contribution in [0.4, 0.5) is 0 Å². The molecule has 29 heavy (non-hydrogen) atoms. The summed E-state index contributed by atoms with van der Waals surface area (Å²) in [6.45, 7) is 6.98. The Balaban J connectivity index is 1.62. The normalized spacial score (nSPS) is 13.5. The number of H-pyrrole nitrogens is 1. The molecular weight excluding hydrogens is 352 g/mol. The van der Waals surface area contributed by atoms with Gasteiger partial charge >= 0.3 is 0 Å². The van der Waals surface area contributed by atoms with Crippen molar-refractivity contribution in [3.05, 3.63) is 53.6 Å². The number of aromatic amines is 1. The van der Waals surface area contributed by atoms with E-state index in [1.165, 1.54) is 100 Å². The van der Waals surface area contributed by atoms with Crippen LogP contribution < -0.4 is 0 Å². The first-order chi connectivity index (χ1) is 14.2. The van der Waals surface area contributed by atoms with Crippen LogP contribution in [0, 0.1) is 5.92 Å². The van der Waals surface area contributed by atoms with E-state index in [2.05, 4.69) is 55.0 Å². The van der Waals surface area contributed by atoms with E-state index in [-0.39, 0.29) is 0 Å². The number of rotatable bonds is 16. The lowest BCUT2D eigenvalue weighted by molar-refractivity contribution is 0.434. The van der Waals surface area contributed by atoms with Crippen LogP contribution in [0.2, 0.25) is 0 Å². The van der Waals surface area contributed by atoms with Crippen molar-refractivity contribution in [2.24, 2.45) is 5.92 Å². The Bertz CT molecular complexity index is 614. The van der Waals surface area contributed by atoms with Crippen LogP contribution in [0.15, 0.2) is 36.7 Å². The lowest BCUT2D eigenvalue weighted by atomic mass is 9.91. The predicted molar refractivity (Wildman–Crippen MR) is 126 cm³/mol. The highest BCUT2D eigenvalue weighted by atomic mass is 14.9. The zero-order chi connectivity index (χ0) is 20.7. The predicted octanol–water partition coefficient (Wildman–Crippen LogP) is 8.25. The molecule has 1 aromatic carbocycles. The van der Waals surface area contributed by atoms with E-state index in [9.17, 15) is 0 Å². The zero-order valence-electron chi connectivity index (χ0n) is 19.3. The minimum atomic E-state index is 0.608. The van der Waals surface area contributed by atoms with Crippen LogP contribution in [0.25, 0.3) is 0 Å². The molecule has 0 aliphatic heterocycles. The summed E-state index contributed by atoms with van der Waals surface area (Å²) >= 11 is 0. The molecule has 0 aliphatic carbocycles. The van der Waals surface area contributed by atoms with Gasteiger partial charge in [0.15, 0.2) is 0 Å². The maximum Gasteiger partial charge on any atom is 0.109 e. The second kappa shape index (κ2) is 14.4. The van der Waals surface area contributed by atoms with E-state index in [0.717, 1.165) is 5.92 Å². The summed E-state index contributed by atoms with van der Waals surface area (Å²) < 4.78 is 0. The van der Waals surface area contributed by atoms with Gasteiger partial charge in [-0.2, -0.15) is 0 Å². The van der Waals surface area contributed by atoms with Crippen LogP contribution in [-0.2, 0) is 12.8 Å². The monoisotopic (exact) mass is 396 g/mol. The summed E-state index contributed by atoms with van der Waals surface area (Å²) in [5.41, 5.74) is 3.02. The van der Waals surface area contributed by atoms with Crippen LogP contribution in [-0.4, -0.2) is 9.97 Å². The van der Waals surface area contributed by atoms with Crippen LogP contribution >= 0.6 is 0 Å². The minimum Gasteiger partial charge on any atom is -0.348 e. The van der Waals surface area contributed by atoms with Crippen LogP contribution in [0.3, 0.4) is 0 Å². The molecule has 2 heteroatoms. The molecule has 0 radical (unpaired) electrons. The van der Waals surface area contributed by atoms with Crippen LogP contribution in [0.1, 0.15) is 114 Å². The van der Waals surface area contributed by atoms with Gasteiger partial charge in [-0.15, -0.1) is 0 Å². The smallest absolute Gasteiger partial charge is 0.109 e. The molecular formula is C27H44N2. The minimum absolute atomic E-state index is 0.608. The molecule has 0 saturated heterocycles. The van der Waals surface area contributed by atoms with Gasteiger partial charge in [0.1, 0.15) is 5.82 Å². The Morgan fingerprint density at radius 2 is 1.48 bits per heavy atom. The Labute approximate surface area is 179 Å². The van der Waals surface area contributed by atoms with Crippen molar-refractivity contribution in [1.82, 2.24) is 9.97 Å². The molecule has 1 aromatic heterocycles. The Morgan fingerprint density at radius 3 is 2.14 bits per heavy atom. The highest BCUT2D eigenvalue weighted by Gasteiger charge is 2.13. The van der Waals surface area contributed by atoms with Gasteiger partial charge < -0.3 is 4.98 Å². The van der Waals surface area contributed by atoms with Gasteiger partial charge in [0.05, 0.1) is 0 Å². The summed E-state index contributed by atoms with van der Waals surface area (Å²) in [5, 5.41) is 0. The van der Waals surface area contributed by atoms with Gasteiger partial charge in [-0.1, -0.05) is 90.0 Å². The van der Waals surface area contributed by atoms with Gasteiger partial charge in [0.25, 0.3) is 0 Å². The highest BCUT2D eigenvalue weighted by Crippen LogP contribution is 2.26. The fourth-order valence-corrected chi connectivity index (χ4v) is 4.34. The molecule has 0 saturated carbocycles. The zero-order valence-corrected chi connectivity index (χ0v) is 19.3. The van der Waals surface area contributed by atoms with Gasteiger partial charge in [-0.05, 0) is 55.6 Å². The molecule has 0 amide bonds. The molecule has 1 N–H and O–H groups in total. The molecule has 1 heterocycles. The first-order valence-electron chi connectivity index (χ1n) is 12.3. The molecule has 0 aliphatic rings. The van der Waals surface area contributed by atoms with Crippen molar-refractivity contribution >= 4 is 0 Å². The summed E-state index contributed by atoms with van der Waals surface area (Å²) in [5.74, 6) is 2.59. The fraction of sp³-hybridized carbons (Fsp3) is 0.667.